The van der Waals surface area contributed by atoms with Crippen molar-refractivity contribution in [3.05, 3.63) is 70.2 Å². The molecule has 1 atom stereocenters. The number of benzene rings is 2. The minimum Gasteiger partial charge on any atom is -0.0921 e. The molecule has 1 unspecified atom stereocenters. The van der Waals surface area contributed by atoms with Crippen molar-refractivity contribution in [3.8, 4) is 0 Å². The van der Waals surface area contributed by atoms with E-state index in [2.05, 4.69) is 86.5 Å². The molecule has 2 heteroatoms. The molecule has 88 valence electrons. The molecule has 0 aliphatic heterocycles. The highest BCUT2D eigenvalue weighted by molar-refractivity contribution is 9.10. The van der Waals surface area contributed by atoms with Crippen LogP contribution in [0.4, 0.5) is 0 Å². The maximum Gasteiger partial charge on any atom is 0.0207 e. The van der Waals surface area contributed by atoms with Crippen molar-refractivity contribution >= 4 is 31.9 Å². The van der Waals surface area contributed by atoms with Crippen molar-refractivity contribution in [2.45, 2.75) is 12.3 Å². The topological polar surface area (TPSA) is 0 Å². The van der Waals surface area contributed by atoms with Gasteiger partial charge in [-0.1, -0.05) is 80.4 Å². The second-order valence-corrected chi connectivity index (χ2v) is 5.56. The summed E-state index contributed by atoms with van der Waals surface area (Å²) in [4.78, 5) is 0. The molecule has 0 aliphatic carbocycles. The van der Waals surface area contributed by atoms with Gasteiger partial charge in [-0.2, -0.15) is 0 Å². The second kappa shape index (κ2) is 6.36. The maximum absolute atomic E-state index is 3.62. The van der Waals surface area contributed by atoms with E-state index in [-0.39, 0.29) is 0 Å². The van der Waals surface area contributed by atoms with Gasteiger partial charge in [0.25, 0.3) is 0 Å². The average molecular weight is 354 g/mol. The molecule has 0 spiro atoms. The predicted molar refractivity (Wildman–Crippen MR) is 80.8 cm³/mol. The fourth-order valence-electron chi connectivity index (χ4n) is 1.92. The quantitative estimate of drug-likeness (QED) is 0.665. The van der Waals surface area contributed by atoms with Crippen LogP contribution < -0.4 is 0 Å². The molecule has 2 aromatic rings. The Bertz CT molecular complexity index is 465. The lowest BCUT2D eigenvalue weighted by molar-refractivity contribution is 0.773. The molecule has 0 heterocycles. The molecule has 2 rings (SSSR count). The standard InChI is InChI=1S/C15H14Br2/c16-11-14(12-6-2-1-3-7-12)10-13-8-4-5-9-15(13)17/h1-9,14H,10-11H2. The highest BCUT2D eigenvalue weighted by atomic mass is 79.9. The summed E-state index contributed by atoms with van der Waals surface area (Å²) in [7, 11) is 0. The predicted octanol–water partition coefficient (Wildman–Crippen LogP) is 5.17. The summed E-state index contributed by atoms with van der Waals surface area (Å²) in [6.45, 7) is 0. The lowest BCUT2D eigenvalue weighted by Gasteiger charge is -2.15. The third-order valence-corrected chi connectivity index (χ3v) is 4.44. The lowest BCUT2D eigenvalue weighted by atomic mass is 9.94. The van der Waals surface area contributed by atoms with Crippen LogP contribution >= 0.6 is 31.9 Å². The molecular weight excluding hydrogens is 340 g/mol. The van der Waals surface area contributed by atoms with Gasteiger partial charge >= 0.3 is 0 Å². The van der Waals surface area contributed by atoms with Crippen LogP contribution in [0.1, 0.15) is 17.0 Å². The van der Waals surface area contributed by atoms with Crippen molar-refractivity contribution in [1.82, 2.24) is 0 Å². The molecular formula is C15H14Br2. The fraction of sp³-hybridized carbons (Fsp3) is 0.200. The van der Waals surface area contributed by atoms with E-state index in [1.165, 1.54) is 15.6 Å². The minimum atomic E-state index is 0.523. The zero-order valence-corrected chi connectivity index (χ0v) is 12.6. The first-order valence-electron chi connectivity index (χ1n) is 5.65. The lowest BCUT2D eigenvalue weighted by Crippen LogP contribution is -2.04. The Morgan fingerprint density at radius 1 is 0.882 bits per heavy atom. The van der Waals surface area contributed by atoms with E-state index in [0.717, 1.165) is 11.8 Å². The first kappa shape index (κ1) is 12.8. The Kier molecular flexibility index (Phi) is 4.81. The molecule has 0 saturated heterocycles. The normalized spacial score (nSPS) is 12.4. The maximum atomic E-state index is 3.62. The molecule has 0 aromatic heterocycles. The first-order valence-corrected chi connectivity index (χ1v) is 7.57. The van der Waals surface area contributed by atoms with Gasteiger partial charge < -0.3 is 0 Å². The SMILES string of the molecule is BrCC(Cc1ccccc1Br)c1ccccc1. The largest absolute Gasteiger partial charge is 0.0921 e. The van der Waals surface area contributed by atoms with Crippen LogP contribution in [0.2, 0.25) is 0 Å². The van der Waals surface area contributed by atoms with E-state index < -0.39 is 0 Å². The van der Waals surface area contributed by atoms with Gasteiger partial charge in [-0.3, -0.25) is 0 Å². The van der Waals surface area contributed by atoms with E-state index in [4.69, 9.17) is 0 Å². The molecule has 0 nitrogen and oxygen atoms in total. The van der Waals surface area contributed by atoms with Crippen LogP contribution in [-0.2, 0) is 6.42 Å². The van der Waals surface area contributed by atoms with Crippen LogP contribution in [0.5, 0.6) is 0 Å². The van der Waals surface area contributed by atoms with E-state index in [1.807, 2.05) is 0 Å². The minimum absolute atomic E-state index is 0.523. The summed E-state index contributed by atoms with van der Waals surface area (Å²) in [5, 5.41) is 0.984. The van der Waals surface area contributed by atoms with E-state index in [0.29, 0.717) is 5.92 Å². The van der Waals surface area contributed by atoms with E-state index >= 15 is 0 Å². The third-order valence-electron chi connectivity index (χ3n) is 2.88. The van der Waals surface area contributed by atoms with Gasteiger partial charge in [-0.25, -0.2) is 0 Å². The highest BCUT2D eigenvalue weighted by Crippen LogP contribution is 2.26. The molecule has 17 heavy (non-hydrogen) atoms. The Balaban J connectivity index is 2.19. The van der Waals surface area contributed by atoms with Gasteiger partial charge in [0.1, 0.15) is 0 Å². The Labute approximate surface area is 119 Å². The van der Waals surface area contributed by atoms with Crippen molar-refractivity contribution in [1.29, 1.82) is 0 Å². The smallest absolute Gasteiger partial charge is 0.0207 e. The van der Waals surface area contributed by atoms with Crippen LogP contribution in [0.25, 0.3) is 0 Å². The zero-order valence-electron chi connectivity index (χ0n) is 9.44. The molecule has 0 bridgehead atoms. The van der Waals surface area contributed by atoms with E-state index in [9.17, 15) is 0 Å². The molecule has 0 saturated carbocycles. The number of hydrogen-bond donors (Lipinski definition) is 0. The molecule has 0 fully saturated rings. The summed E-state index contributed by atoms with van der Waals surface area (Å²) in [5.74, 6) is 0.523. The van der Waals surface area contributed by atoms with Gasteiger partial charge in [0.2, 0.25) is 0 Å². The number of halogens is 2. The van der Waals surface area contributed by atoms with Crippen LogP contribution in [0.15, 0.2) is 59.1 Å². The van der Waals surface area contributed by atoms with E-state index in [1.54, 1.807) is 0 Å². The monoisotopic (exact) mass is 352 g/mol. The average Bonchev–Trinajstić information content (AvgIpc) is 2.39. The molecule has 0 N–H and O–H groups in total. The highest BCUT2D eigenvalue weighted by Gasteiger charge is 2.11. The van der Waals surface area contributed by atoms with Crippen molar-refractivity contribution in [2.24, 2.45) is 0 Å². The van der Waals surface area contributed by atoms with Crippen LogP contribution in [-0.4, -0.2) is 5.33 Å². The first-order chi connectivity index (χ1) is 8.31. The second-order valence-electron chi connectivity index (χ2n) is 4.06. The summed E-state index contributed by atoms with van der Waals surface area (Å²) in [6.07, 6.45) is 1.05. The van der Waals surface area contributed by atoms with Gasteiger partial charge in [-0.15, -0.1) is 0 Å². The molecule has 0 amide bonds. The molecule has 2 aromatic carbocycles. The van der Waals surface area contributed by atoms with Crippen molar-refractivity contribution < 1.29 is 0 Å². The summed E-state index contributed by atoms with van der Waals surface area (Å²) < 4.78 is 1.20. The number of rotatable bonds is 4. The van der Waals surface area contributed by atoms with Gasteiger partial charge in [0.15, 0.2) is 0 Å². The third kappa shape index (κ3) is 3.43. The Morgan fingerprint density at radius 2 is 1.53 bits per heavy atom. The Hall–Kier alpha value is -0.600. The summed E-state index contributed by atoms with van der Waals surface area (Å²) in [6, 6.07) is 19.1. The zero-order chi connectivity index (χ0) is 12.1. The fourth-order valence-corrected chi connectivity index (χ4v) is 2.97. The Morgan fingerprint density at radius 3 is 2.18 bits per heavy atom. The number of alkyl halides is 1. The molecule has 0 radical (unpaired) electrons. The van der Waals surface area contributed by atoms with Crippen LogP contribution in [0, 0.1) is 0 Å². The van der Waals surface area contributed by atoms with Gasteiger partial charge in [0, 0.05) is 9.80 Å². The van der Waals surface area contributed by atoms with Gasteiger partial charge in [-0.05, 0) is 29.5 Å². The van der Waals surface area contributed by atoms with Crippen molar-refractivity contribution in [3.63, 3.8) is 0 Å². The van der Waals surface area contributed by atoms with Gasteiger partial charge in [0.05, 0.1) is 0 Å². The molecule has 0 aliphatic rings. The van der Waals surface area contributed by atoms with Crippen LogP contribution in [0.3, 0.4) is 0 Å². The summed E-state index contributed by atoms with van der Waals surface area (Å²) in [5.41, 5.74) is 2.75. The van der Waals surface area contributed by atoms with Crippen molar-refractivity contribution in [2.75, 3.05) is 5.33 Å². The summed E-state index contributed by atoms with van der Waals surface area (Å²) >= 11 is 7.23. The number of hydrogen-bond acceptors (Lipinski definition) is 0.